The highest BCUT2D eigenvalue weighted by molar-refractivity contribution is 6.06. The van der Waals surface area contributed by atoms with E-state index in [-0.39, 0.29) is 11.4 Å². The van der Waals surface area contributed by atoms with Crippen LogP contribution in [0.3, 0.4) is 0 Å². The first-order valence-electron chi connectivity index (χ1n) is 8.05. The molecule has 0 aliphatic carbocycles. The highest BCUT2D eigenvalue weighted by Gasteiger charge is 2.33. The number of hydrogen-bond donors (Lipinski definition) is 2. The first-order valence-corrected chi connectivity index (χ1v) is 8.05. The molecule has 6 nitrogen and oxygen atoms in total. The lowest BCUT2D eigenvalue weighted by Crippen LogP contribution is -2.07. The zero-order valence-electron chi connectivity index (χ0n) is 14.5. The van der Waals surface area contributed by atoms with Crippen molar-refractivity contribution < 1.29 is 23.2 Å². The Morgan fingerprint density at radius 1 is 1.14 bits per heavy atom. The van der Waals surface area contributed by atoms with Gasteiger partial charge < -0.3 is 5.11 Å². The van der Waals surface area contributed by atoms with Gasteiger partial charge in [0.2, 0.25) is 0 Å². The number of nitro groups is 1. The number of hydrogen-bond acceptors (Lipinski definition) is 5. The molecule has 3 aromatic rings. The molecule has 0 amide bonds. The molecule has 3 rings (SSSR count). The number of benzene rings is 3. The summed E-state index contributed by atoms with van der Waals surface area (Å²) < 4.78 is 38.3. The smallest absolute Gasteiger partial charge is 0.416 e. The van der Waals surface area contributed by atoms with E-state index in [0.29, 0.717) is 22.7 Å². The molecule has 28 heavy (non-hydrogen) atoms. The topological polar surface area (TPSA) is 87.8 Å². The molecule has 9 heteroatoms. The van der Waals surface area contributed by atoms with Crippen LogP contribution < -0.4 is 5.43 Å². The zero-order valence-corrected chi connectivity index (χ0v) is 14.5. The average molecular weight is 389 g/mol. The fourth-order valence-electron chi connectivity index (χ4n) is 2.70. The fourth-order valence-corrected chi connectivity index (χ4v) is 2.70. The third kappa shape index (κ3) is 3.73. The number of rotatable bonds is 4. The third-order valence-electron chi connectivity index (χ3n) is 4.16. The van der Waals surface area contributed by atoms with Gasteiger partial charge in [0.25, 0.3) is 5.69 Å². The van der Waals surface area contributed by atoms with Crippen LogP contribution >= 0.6 is 0 Å². The van der Waals surface area contributed by atoms with Crippen LogP contribution in [0.5, 0.6) is 5.75 Å². The minimum atomic E-state index is -4.70. The van der Waals surface area contributed by atoms with Gasteiger partial charge in [0, 0.05) is 17.0 Å². The standard InChI is InChI=1S/C19H14F3N3O3/c1-11(14-8-6-12-4-2-3-5-15(12)18(14)26)23-24-16-9-7-13(19(20,21)22)10-17(16)25(27)28/h2-10,24,26H,1H3/b23-11+. The molecule has 2 N–H and O–H groups in total. The van der Waals surface area contributed by atoms with Crippen molar-refractivity contribution in [1.29, 1.82) is 0 Å². The minimum absolute atomic E-state index is 0.0110. The van der Waals surface area contributed by atoms with E-state index in [4.69, 9.17) is 0 Å². The Bertz CT molecular complexity index is 1090. The second-order valence-corrected chi connectivity index (χ2v) is 5.98. The highest BCUT2D eigenvalue weighted by Crippen LogP contribution is 2.35. The van der Waals surface area contributed by atoms with E-state index in [9.17, 15) is 28.4 Å². The maximum atomic E-state index is 12.8. The van der Waals surface area contributed by atoms with Gasteiger partial charge in [-0.3, -0.25) is 15.5 Å². The van der Waals surface area contributed by atoms with Gasteiger partial charge in [-0.25, -0.2) is 0 Å². The molecule has 0 atom stereocenters. The molecule has 0 unspecified atom stereocenters. The van der Waals surface area contributed by atoms with Crippen LogP contribution in [-0.2, 0) is 6.18 Å². The van der Waals surface area contributed by atoms with Gasteiger partial charge in [-0.2, -0.15) is 18.3 Å². The number of phenols is 1. The number of nitrogens with one attached hydrogen (secondary N) is 1. The van der Waals surface area contributed by atoms with Crippen molar-refractivity contribution in [2.75, 3.05) is 5.43 Å². The second-order valence-electron chi connectivity index (χ2n) is 5.98. The van der Waals surface area contributed by atoms with Gasteiger partial charge in [-0.1, -0.05) is 30.3 Å². The number of anilines is 1. The van der Waals surface area contributed by atoms with E-state index in [2.05, 4.69) is 10.5 Å². The fraction of sp³-hybridized carbons (Fsp3) is 0.105. The van der Waals surface area contributed by atoms with Crippen LogP contribution in [0.1, 0.15) is 18.1 Å². The van der Waals surface area contributed by atoms with Crippen molar-refractivity contribution in [3.8, 4) is 5.75 Å². The predicted octanol–water partition coefficient (Wildman–Crippen LogP) is 5.31. The largest absolute Gasteiger partial charge is 0.507 e. The van der Waals surface area contributed by atoms with Crippen LogP contribution in [0.15, 0.2) is 59.7 Å². The number of nitrogens with zero attached hydrogens (tertiary/aromatic N) is 2. The van der Waals surface area contributed by atoms with Crippen molar-refractivity contribution >= 4 is 27.9 Å². The molecule has 0 saturated carbocycles. The first-order chi connectivity index (χ1) is 13.2. The quantitative estimate of drug-likeness (QED) is 0.360. The lowest BCUT2D eigenvalue weighted by Gasteiger charge is -2.10. The van der Waals surface area contributed by atoms with E-state index in [0.717, 1.165) is 17.5 Å². The van der Waals surface area contributed by atoms with Crippen LogP contribution in [0.25, 0.3) is 10.8 Å². The summed E-state index contributed by atoms with van der Waals surface area (Å²) in [7, 11) is 0. The average Bonchev–Trinajstić information content (AvgIpc) is 2.65. The summed E-state index contributed by atoms with van der Waals surface area (Å²) in [4.78, 5) is 10.2. The number of alkyl halides is 3. The summed E-state index contributed by atoms with van der Waals surface area (Å²) in [5.74, 6) is -0.0110. The Hall–Kier alpha value is -3.62. The molecule has 0 radical (unpaired) electrons. The van der Waals surface area contributed by atoms with Gasteiger partial charge in [0.05, 0.1) is 16.2 Å². The van der Waals surface area contributed by atoms with Gasteiger partial charge in [0.1, 0.15) is 11.4 Å². The van der Waals surface area contributed by atoms with E-state index in [1.165, 1.54) is 0 Å². The molecule has 3 aromatic carbocycles. The Morgan fingerprint density at radius 2 is 1.86 bits per heavy atom. The van der Waals surface area contributed by atoms with Crippen molar-refractivity contribution in [1.82, 2.24) is 0 Å². The Balaban J connectivity index is 1.95. The van der Waals surface area contributed by atoms with E-state index in [1.54, 1.807) is 31.2 Å². The molecule has 0 aromatic heterocycles. The number of fused-ring (bicyclic) bond motifs is 1. The van der Waals surface area contributed by atoms with Crippen molar-refractivity contribution in [2.45, 2.75) is 13.1 Å². The molecule has 0 aliphatic rings. The first kappa shape index (κ1) is 19.2. The number of nitro benzene ring substituents is 1. The van der Waals surface area contributed by atoms with Gasteiger partial charge in [0.15, 0.2) is 0 Å². The number of aromatic hydroxyl groups is 1. The maximum absolute atomic E-state index is 12.8. The summed E-state index contributed by atoms with van der Waals surface area (Å²) >= 11 is 0. The molecule has 0 bridgehead atoms. The summed E-state index contributed by atoms with van der Waals surface area (Å²) in [5, 5.41) is 27.0. The zero-order chi connectivity index (χ0) is 20.5. The number of phenolic OH excluding ortho intramolecular Hbond substituents is 1. The normalized spacial score (nSPS) is 12.2. The lowest BCUT2D eigenvalue weighted by molar-refractivity contribution is -0.384. The molecule has 0 heterocycles. The van der Waals surface area contributed by atoms with Crippen molar-refractivity contribution in [3.63, 3.8) is 0 Å². The maximum Gasteiger partial charge on any atom is 0.416 e. The van der Waals surface area contributed by atoms with Gasteiger partial charge >= 0.3 is 6.18 Å². The van der Waals surface area contributed by atoms with E-state index >= 15 is 0 Å². The van der Waals surface area contributed by atoms with Crippen LogP contribution in [-0.4, -0.2) is 15.7 Å². The molecule has 0 aliphatic heterocycles. The highest BCUT2D eigenvalue weighted by atomic mass is 19.4. The van der Waals surface area contributed by atoms with Crippen LogP contribution in [0, 0.1) is 10.1 Å². The Kier molecular flexibility index (Phi) is 4.91. The minimum Gasteiger partial charge on any atom is -0.507 e. The molecule has 0 spiro atoms. The summed E-state index contributed by atoms with van der Waals surface area (Å²) in [6.45, 7) is 1.56. The number of halogens is 3. The van der Waals surface area contributed by atoms with Crippen molar-refractivity contribution in [3.05, 3.63) is 75.8 Å². The third-order valence-corrected chi connectivity index (χ3v) is 4.16. The Morgan fingerprint density at radius 3 is 2.54 bits per heavy atom. The van der Waals surface area contributed by atoms with Crippen LogP contribution in [0.4, 0.5) is 24.5 Å². The number of hydrazone groups is 1. The molecular weight excluding hydrogens is 375 g/mol. The van der Waals surface area contributed by atoms with E-state index in [1.807, 2.05) is 12.1 Å². The van der Waals surface area contributed by atoms with Gasteiger partial charge in [-0.05, 0) is 30.5 Å². The predicted molar refractivity (Wildman–Crippen MR) is 99.5 cm³/mol. The Labute approximate surface area is 157 Å². The molecule has 144 valence electrons. The lowest BCUT2D eigenvalue weighted by atomic mass is 10.0. The van der Waals surface area contributed by atoms with Crippen LogP contribution in [0.2, 0.25) is 0 Å². The molecular formula is C19H14F3N3O3. The molecule has 0 saturated heterocycles. The van der Waals surface area contributed by atoms with Gasteiger partial charge in [-0.15, -0.1) is 0 Å². The molecule has 0 fully saturated rings. The van der Waals surface area contributed by atoms with E-state index < -0.39 is 22.4 Å². The monoisotopic (exact) mass is 389 g/mol. The second kappa shape index (κ2) is 7.18. The summed E-state index contributed by atoms with van der Waals surface area (Å²) in [6.07, 6.45) is -4.70. The summed E-state index contributed by atoms with van der Waals surface area (Å²) in [6, 6.07) is 12.7. The summed E-state index contributed by atoms with van der Waals surface area (Å²) in [5.41, 5.74) is 1.03. The SMILES string of the molecule is C/C(=N\Nc1ccc(C(F)(F)F)cc1[N+](=O)[O-])c1ccc2ccccc2c1O. The van der Waals surface area contributed by atoms with Crippen molar-refractivity contribution in [2.24, 2.45) is 5.10 Å².